The van der Waals surface area contributed by atoms with Crippen molar-refractivity contribution in [3.8, 4) is 5.75 Å². The van der Waals surface area contributed by atoms with Gasteiger partial charge in [-0.15, -0.1) is 0 Å². The Morgan fingerprint density at radius 2 is 1.90 bits per heavy atom. The van der Waals surface area contributed by atoms with E-state index in [2.05, 4.69) is 19.2 Å². The molecular weight excluding hydrogens is 269 g/mol. The number of benzene rings is 1. The summed E-state index contributed by atoms with van der Waals surface area (Å²) in [5.74, 6) is 0.390. The van der Waals surface area contributed by atoms with Gasteiger partial charge in [-0.05, 0) is 42.9 Å². The maximum Gasteiger partial charge on any atom is 0.130 e. The SMILES string of the molecule is COCCNCCC(C)(C)CCc1ccc(OC)cc1F. The molecule has 0 aromatic heterocycles. The maximum absolute atomic E-state index is 13.9. The molecule has 0 atom stereocenters. The summed E-state index contributed by atoms with van der Waals surface area (Å²) >= 11 is 0. The average Bonchev–Trinajstić information content (AvgIpc) is 2.45. The first-order chi connectivity index (χ1) is 9.98. The molecule has 0 saturated heterocycles. The highest BCUT2D eigenvalue weighted by Crippen LogP contribution is 2.28. The second kappa shape index (κ2) is 9.00. The zero-order chi connectivity index (χ0) is 15.7. The van der Waals surface area contributed by atoms with E-state index in [0.29, 0.717) is 5.75 Å². The van der Waals surface area contributed by atoms with Gasteiger partial charge in [0.25, 0.3) is 0 Å². The molecule has 0 aliphatic carbocycles. The molecule has 21 heavy (non-hydrogen) atoms. The molecule has 4 heteroatoms. The van der Waals surface area contributed by atoms with E-state index in [-0.39, 0.29) is 11.2 Å². The lowest BCUT2D eigenvalue weighted by atomic mass is 9.83. The van der Waals surface area contributed by atoms with E-state index >= 15 is 0 Å². The van der Waals surface area contributed by atoms with E-state index in [9.17, 15) is 4.39 Å². The van der Waals surface area contributed by atoms with Crippen LogP contribution in [0.4, 0.5) is 4.39 Å². The summed E-state index contributed by atoms with van der Waals surface area (Å²) < 4.78 is 23.9. The fourth-order valence-corrected chi connectivity index (χ4v) is 2.18. The zero-order valence-corrected chi connectivity index (χ0v) is 13.7. The molecule has 1 N–H and O–H groups in total. The number of hydrogen-bond donors (Lipinski definition) is 1. The molecule has 0 fully saturated rings. The molecule has 0 unspecified atom stereocenters. The van der Waals surface area contributed by atoms with Gasteiger partial charge in [0.15, 0.2) is 0 Å². The third-order valence-corrected chi connectivity index (χ3v) is 3.79. The Morgan fingerprint density at radius 1 is 1.14 bits per heavy atom. The van der Waals surface area contributed by atoms with Gasteiger partial charge in [-0.1, -0.05) is 19.9 Å². The first-order valence-corrected chi connectivity index (χ1v) is 7.50. The Balaban J connectivity index is 2.38. The average molecular weight is 297 g/mol. The summed E-state index contributed by atoms with van der Waals surface area (Å²) in [6.07, 6.45) is 2.78. The fourth-order valence-electron chi connectivity index (χ4n) is 2.18. The van der Waals surface area contributed by atoms with Crippen LogP contribution in [0.15, 0.2) is 18.2 Å². The molecule has 1 rings (SSSR count). The Morgan fingerprint density at radius 3 is 2.52 bits per heavy atom. The first-order valence-electron chi connectivity index (χ1n) is 7.50. The summed E-state index contributed by atoms with van der Waals surface area (Å²) in [7, 11) is 3.25. The molecule has 0 bridgehead atoms. The largest absolute Gasteiger partial charge is 0.497 e. The van der Waals surface area contributed by atoms with Crippen LogP contribution in [0.5, 0.6) is 5.75 Å². The van der Waals surface area contributed by atoms with Crippen molar-refractivity contribution in [2.75, 3.05) is 33.9 Å². The maximum atomic E-state index is 13.9. The summed E-state index contributed by atoms with van der Waals surface area (Å²) in [4.78, 5) is 0. The number of rotatable bonds is 10. The summed E-state index contributed by atoms with van der Waals surface area (Å²) in [5, 5.41) is 3.35. The lowest BCUT2D eigenvalue weighted by Gasteiger charge is -2.25. The third kappa shape index (κ3) is 6.91. The molecule has 0 amide bonds. The molecule has 120 valence electrons. The number of ether oxygens (including phenoxy) is 2. The minimum atomic E-state index is -0.177. The van der Waals surface area contributed by atoms with Gasteiger partial charge in [0.2, 0.25) is 0 Å². The minimum Gasteiger partial charge on any atom is -0.497 e. The Bertz CT molecular complexity index is 421. The Labute approximate surface area is 127 Å². The zero-order valence-electron chi connectivity index (χ0n) is 13.7. The van der Waals surface area contributed by atoms with E-state index in [4.69, 9.17) is 9.47 Å². The molecule has 0 aliphatic rings. The second-order valence-electron chi connectivity index (χ2n) is 6.11. The van der Waals surface area contributed by atoms with Crippen molar-refractivity contribution in [2.24, 2.45) is 5.41 Å². The molecule has 0 aliphatic heterocycles. The molecule has 0 radical (unpaired) electrons. The lowest BCUT2D eigenvalue weighted by molar-refractivity contribution is 0.196. The van der Waals surface area contributed by atoms with Gasteiger partial charge in [0.05, 0.1) is 13.7 Å². The summed E-state index contributed by atoms with van der Waals surface area (Å²) in [6, 6.07) is 5.09. The Kier molecular flexibility index (Phi) is 7.68. The van der Waals surface area contributed by atoms with Crippen molar-refractivity contribution in [3.63, 3.8) is 0 Å². The van der Waals surface area contributed by atoms with Crippen molar-refractivity contribution < 1.29 is 13.9 Å². The van der Waals surface area contributed by atoms with E-state index in [1.54, 1.807) is 14.2 Å². The second-order valence-corrected chi connectivity index (χ2v) is 6.11. The van der Waals surface area contributed by atoms with Crippen LogP contribution in [0.1, 0.15) is 32.3 Å². The van der Waals surface area contributed by atoms with Gasteiger partial charge in [0, 0.05) is 19.7 Å². The normalized spacial score (nSPS) is 11.7. The van der Waals surface area contributed by atoms with Crippen LogP contribution in [0.2, 0.25) is 0 Å². The smallest absolute Gasteiger partial charge is 0.130 e. The highest BCUT2D eigenvalue weighted by atomic mass is 19.1. The van der Waals surface area contributed by atoms with Crippen LogP contribution >= 0.6 is 0 Å². The van der Waals surface area contributed by atoms with Gasteiger partial charge < -0.3 is 14.8 Å². The molecule has 0 spiro atoms. The van der Waals surface area contributed by atoms with Crippen LogP contribution in [-0.4, -0.2) is 33.9 Å². The third-order valence-electron chi connectivity index (χ3n) is 3.79. The molecule has 3 nitrogen and oxygen atoms in total. The standard InChI is InChI=1S/C17H28FNO2/c1-17(2,9-10-19-11-12-20-3)8-7-14-5-6-15(21-4)13-16(14)18/h5-6,13,19H,7-12H2,1-4H3. The number of hydrogen-bond acceptors (Lipinski definition) is 3. The summed E-state index contributed by atoms with van der Waals surface area (Å²) in [5.41, 5.74) is 0.947. The molecule has 0 saturated carbocycles. The summed E-state index contributed by atoms with van der Waals surface area (Å²) in [6.45, 7) is 7.03. The van der Waals surface area contributed by atoms with E-state index < -0.39 is 0 Å². The van der Waals surface area contributed by atoms with E-state index in [1.807, 2.05) is 12.1 Å². The molecule has 1 aromatic rings. The topological polar surface area (TPSA) is 30.5 Å². The van der Waals surface area contributed by atoms with Crippen LogP contribution in [-0.2, 0) is 11.2 Å². The quantitative estimate of drug-likeness (QED) is 0.671. The van der Waals surface area contributed by atoms with Gasteiger partial charge in [0.1, 0.15) is 11.6 Å². The van der Waals surface area contributed by atoms with Crippen molar-refractivity contribution in [3.05, 3.63) is 29.6 Å². The first kappa shape index (κ1) is 17.9. The van der Waals surface area contributed by atoms with E-state index in [1.165, 1.54) is 6.07 Å². The predicted molar refractivity (Wildman–Crippen MR) is 84.4 cm³/mol. The number of halogens is 1. The Hall–Kier alpha value is -1.13. The van der Waals surface area contributed by atoms with Gasteiger partial charge in [-0.2, -0.15) is 0 Å². The van der Waals surface area contributed by atoms with Crippen molar-refractivity contribution in [1.29, 1.82) is 0 Å². The predicted octanol–water partition coefficient (Wildman–Crippen LogP) is 3.42. The molecule has 1 aromatic carbocycles. The lowest BCUT2D eigenvalue weighted by Crippen LogP contribution is -2.25. The van der Waals surface area contributed by atoms with Gasteiger partial charge >= 0.3 is 0 Å². The van der Waals surface area contributed by atoms with E-state index in [0.717, 1.165) is 44.5 Å². The number of nitrogens with one attached hydrogen (secondary N) is 1. The van der Waals surface area contributed by atoms with Crippen LogP contribution in [0, 0.1) is 11.2 Å². The molecule has 0 heterocycles. The number of methoxy groups -OCH3 is 2. The van der Waals surface area contributed by atoms with Crippen LogP contribution < -0.4 is 10.1 Å². The fraction of sp³-hybridized carbons (Fsp3) is 0.647. The monoisotopic (exact) mass is 297 g/mol. The van der Waals surface area contributed by atoms with Gasteiger partial charge in [-0.25, -0.2) is 4.39 Å². The minimum absolute atomic E-state index is 0.177. The van der Waals surface area contributed by atoms with Crippen molar-refractivity contribution in [2.45, 2.75) is 33.1 Å². The highest BCUT2D eigenvalue weighted by Gasteiger charge is 2.18. The van der Waals surface area contributed by atoms with Crippen LogP contribution in [0.3, 0.4) is 0 Å². The van der Waals surface area contributed by atoms with Crippen LogP contribution in [0.25, 0.3) is 0 Å². The molecular formula is C17H28FNO2. The highest BCUT2D eigenvalue weighted by molar-refractivity contribution is 5.29. The van der Waals surface area contributed by atoms with Crippen molar-refractivity contribution in [1.82, 2.24) is 5.32 Å². The van der Waals surface area contributed by atoms with Crippen molar-refractivity contribution >= 4 is 0 Å². The van der Waals surface area contributed by atoms with Gasteiger partial charge in [-0.3, -0.25) is 0 Å². The number of aryl methyl sites for hydroxylation is 1.